The molecule has 1 aromatic rings. The molecule has 0 aromatic heterocycles. The Morgan fingerprint density at radius 3 is 2.38 bits per heavy atom. The lowest BCUT2D eigenvalue weighted by atomic mass is 10.3. The monoisotopic (exact) mass is 224 g/mol. The van der Waals surface area contributed by atoms with Gasteiger partial charge in [-0.15, -0.1) is 0 Å². The summed E-state index contributed by atoms with van der Waals surface area (Å²) < 4.78 is 20.5. The van der Waals surface area contributed by atoms with Gasteiger partial charge in [-0.1, -0.05) is 12.1 Å². The molecular weight excluding hydrogens is 212 g/mol. The fourth-order valence-corrected chi connectivity index (χ4v) is 1.35. The molecule has 1 aliphatic rings. The second kappa shape index (κ2) is 4.02. The average molecular weight is 224 g/mol. The number of esters is 1. The van der Waals surface area contributed by atoms with E-state index in [2.05, 4.69) is 4.74 Å². The van der Waals surface area contributed by atoms with E-state index in [1.54, 1.807) is 19.1 Å². The number of rotatable bonds is 3. The zero-order valence-electron chi connectivity index (χ0n) is 9.06. The van der Waals surface area contributed by atoms with Crippen LogP contribution in [0.1, 0.15) is 6.92 Å². The van der Waals surface area contributed by atoms with Gasteiger partial charge < -0.3 is 14.2 Å². The Hall–Kier alpha value is -1.75. The third kappa shape index (κ3) is 2.09. The zero-order valence-corrected chi connectivity index (χ0v) is 9.06. The number of ether oxygens (including phenoxy) is 4. The number of para-hydroxylation sites is 2. The van der Waals surface area contributed by atoms with Crippen molar-refractivity contribution in [3.05, 3.63) is 24.3 Å². The van der Waals surface area contributed by atoms with Crippen molar-refractivity contribution < 1.29 is 23.7 Å². The largest absolute Gasteiger partial charge is 0.467 e. The number of methoxy groups -OCH3 is 1. The molecule has 1 aliphatic heterocycles. The topological polar surface area (TPSA) is 54.0 Å². The Morgan fingerprint density at radius 1 is 1.31 bits per heavy atom. The SMILES string of the molecule is COC(=O)COC1(C)Oc2ccccc2O1. The Balaban J connectivity index is 2.00. The molecule has 0 bridgehead atoms. The van der Waals surface area contributed by atoms with Crippen molar-refractivity contribution >= 4 is 5.97 Å². The number of carbonyl (C=O) groups is 1. The van der Waals surface area contributed by atoms with Crippen molar-refractivity contribution in [2.24, 2.45) is 0 Å². The van der Waals surface area contributed by atoms with Gasteiger partial charge in [0.15, 0.2) is 18.1 Å². The molecule has 0 atom stereocenters. The van der Waals surface area contributed by atoms with E-state index >= 15 is 0 Å². The van der Waals surface area contributed by atoms with Crippen molar-refractivity contribution in [2.45, 2.75) is 12.9 Å². The maximum absolute atomic E-state index is 10.9. The molecule has 86 valence electrons. The van der Waals surface area contributed by atoms with Gasteiger partial charge in [-0.3, -0.25) is 4.74 Å². The quantitative estimate of drug-likeness (QED) is 0.725. The maximum Gasteiger partial charge on any atom is 0.369 e. The summed E-state index contributed by atoms with van der Waals surface area (Å²) in [5.41, 5.74) is 0. The summed E-state index contributed by atoms with van der Waals surface area (Å²) in [7, 11) is 1.29. The second-order valence-corrected chi connectivity index (χ2v) is 3.38. The molecule has 5 nitrogen and oxygen atoms in total. The number of benzene rings is 1. The van der Waals surface area contributed by atoms with Crippen LogP contribution in [-0.2, 0) is 14.3 Å². The zero-order chi connectivity index (χ0) is 11.6. The number of carbonyl (C=O) groups excluding carboxylic acids is 1. The van der Waals surface area contributed by atoms with E-state index in [9.17, 15) is 4.79 Å². The first-order chi connectivity index (χ1) is 7.63. The third-order valence-corrected chi connectivity index (χ3v) is 2.12. The first-order valence-corrected chi connectivity index (χ1v) is 4.81. The molecule has 0 radical (unpaired) electrons. The van der Waals surface area contributed by atoms with Gasteiger partial charge in [-0.05, 0) is 12.1 Å². The molecule has 1 aromatic carbocycles. The molecular formula is C11H12O5. The van der Waals surface area contributed by atoms with Crippen LogP contribution < -0.4 is 9.47 Å². The Labute approximate surface area is 92.9 Å². The van der Waals surface area contributed by atoms with Crippen LogP contribution in [0.4, 0.5) is 0 Å². The Kier molecular flexibility index (Phi) is 2.70. The molecule has 0 amide bonds. The number of hydrogen-bond acceptors (Lipinski definition) is 5. The molecule has 0 unspecified atom stereocenters. The lowest BCUT2D eigenvalue weighted by molar-refractivity contribution is -0.269. The van der Waals surface area contributed by atoms with Gasteiger partial charge in [0.2, 0.25) is 0 Å². The molecule has 1 heterocycles. The minimum Gasteiger partial charge on any atom is -0.467 e. The molecule has 0 fully saturated rings. The average Bonchev–Trinajstić information content (AvgIpc) is 2.62. The van der Waals surface area contributed by atoms with E-state index in [0.717, 1.165) is 0 Å². The highest BCUT2D eigenvalue weighted by Gasteiger charge is 2.38. The first-order valence-electron chi connectivity index (χ1n) is 4.81. The van der Waals surface area contributed by atoms with Gasteiger partial charge >= 0.3 is 11.9 Å². The lowest BCUT2D eigenvalue weighted by Crippen LogP contribution is -2.39. The first kappa shape index (κ1) is 10.8. The van der Waals surface area contributed by atoms with Crippen LogP contribution in [0.5, 0.6) is 11.5 Å². The Morgan fingerprint density at radius 2 is 1.88 bits per heavy atom. The minimum absolute atomic E-state index is 0.221. The molecule has 0 N–H and O–H groups in total. The van der Waals surface area contributed by atoms with Crippen molar-refractivity contribution in [2.75, 3.05) is 13.7 Å². The molecule has 0 saturated heterocycles. The normalized spacial score (nSPS) is 15.9. The third-order valence-electron chi connectivity index (χ3n) is 2.12. The summed E-state index contributed by atoms with van der Waals surface area (Å²) in [5.74, 6) is -0.563. The number of fused-ring (bicyclic) bond motifs is 1. The van der Waals surface area contributed by atoms with E-state index in [1.807, 2.05) is 12.1 Å². The van der Waals surface area contributed by atoms with E-state index in [0.29, 0.717) is 11.5 Å². The highest BCUT2D eigenvalue weighted by Crippen LogP contribution is 2.39. The Bertz CT molecular complexity index is 376. The fraction of sp³-hybridized carbons (Fsp3) is 0.364. The van der Waals surface area contributed by atoms with Gasteiger partial charge in [0.05, 0.1) is 7.11 Å². The van der Waals surface area contributed by atoms with Gasteiger partial charge in [0.25, 0.3) is 0 Å². The van der Waals surface area contributed by atoms with Crippen LogP contribution in [0.3, 0.4) is 0 Å². The van der Waals surface area contributed by atoms with E-state index < -0.39 is 11.9 Å². The van der Waals surface area contributed by atoms with Gasteiger partial charge in [0.1, 0.15) is 0 Å². The molecule has 16 heavy (non-hydrogen) atoms. The van der Waals surface area contributed by atoms with Crippen LogP contribution >= 0.6 is 0 Å². The highest BCUT2D eigenvalue weighted by atomic mass is 16.9. The highest BCUT2D eigenvalue weighted by molar-refractivity contribution is 5.70. The summed E-state index contributed by atoms with van der Waals surface area (Å²) in [6, 6.07) is 7.19. The summed E-state index contributed by atoms with van der Waals surface area (Å²) >= 11 is 0. The van der Waals surface area contributed by atoms with Crippen molar-refractivity contribution in [3.8, 4) is 11.5 Å². The minimum atomic E-state index is -1.27. The lowest BCUT2D eigenvalue weighted by Gasteiger charge is -2.21. The fourth-order valence-electron chi connectivity index (χ4n) is 1.35. The van der Waals surface area contributed by atoms with Crippen LogP contribution in [0.2, 0.25) is 0 Å². The van der Waals surface area contributed by atoms with Crippen LogP contribution in [0.15, 0.2) is 24.3 Å². The molecule has 2 rings (SSSR count). The van der Waals surface area contributed by atoms with E-state index in [-0.39, 0.29) is 6.61 Å². The van der Waals surface area contributed by atoms with Crippen LogP contribution in [0.25, 0.3) is 0 Å². The summed E-state index contributed by atoms with van der Waals surface area (Å²) in [5, 5.41) is 0. The van der Waals surface area contributed by atoms with Crippen LogP contribution in [0, 0.1) is 0 Å². The van der Waals surface area contributed by atoms with E-state index in [1.165, 1.54) is 7.11 Å². The standard InChI is InChI=1S/C11H12O5/c1-11(14-7-10(12)13-2)15-8-5-3-4-6-9(8)16-11/h3-6H,7H2,1-2H3. The van der Waals surface area contributed by atoms with Crippen LogP contribution in [-0.4, -0.2) is 25.7 Å². The molecule has 0 saturated carbocycles. The summed E-state index contributed by atoms with van der Waals surface area (Å²) in [4.78, 5) is 10.9. The predicted octanol–water partition coefficient (Wildman–Crippen LogP) is 1.32. The second-order valence-electron chi connectivity index (χ2n) is 3.38. The molecule has 0 spiro atoms. The summed E-state index contributed by atoms with van der Waals surface area (Å²) in [6.07, 6.45) is 0. The van der Waals surface area contributed by atoms with Gasteiger partial charge in [0, 0.05) is 6.92 Å². The van der Waals surface area contributed by atoms with Gasteiger partial charge in [-0.25, -0.2) is 4.79 Å². The van der Waals surface area contributed by atoms with Crippen molar-refractivity contribution in [1.29, 1.82) is 0 Å². The smallest absolute Gasteiger partial charge is 0.369 e. The van der Waals surface area contributed by atoms with Crippen molar-refractivity contribution in [3.63, 3.8) is 0 Å². The van der Waals surface area contributed by atoms with Gasteiger partial charge in [-0.2, -0.15) is 0 Å². The van der Waals surface area contributed by atoms with E-state index in [4.69, 9.17) is 14.2 Å². The predicted molar refractivity (Wildman–Crippen MR) is 54.1 cm³/mol. The summed E-state index contributed by atoms with van der Waals surface area (Å²) in [6.45, 7) is 1.37. The number of hydrogen-bond donors (Lipinski definition) is 0. The molecule has 5 heteroatoms. The molecule has 0 aliphatic carbocycles. The maximum atomic E-state index is 10.9. The van der Waals surface area contributed by atoms with Crippen molar-refractivity contribution in [1.82, 2.24) is 0 Å².